The van der Waals surface area contributed by atoms with Crippen molar-refractivity contribution in [3.63, 3.8) is 0 Å². The Hall–Kier alpha value is -3.39. The zero-order valence-corrected chi connectivity index (χ0v) is 22.3. The molecule has 0 fully saturated rings. The Morgan fingerprint density at radius 3 is 2.27 bits per heavy atom. The maximum atomic E-state index is 13.0. The van der Waals surface area contributed by atoms with Crippen LogP contribution in [0.1, 0.15) is 74.3 Å². The van der Waals surface area contributed by atoms with Gasteiger partial charge in [0.15, 0.2) is 0 Å². The average molecular weight is 513 g/mol. The topological polar surface area (TPSA) is 17.1 Å². The molecule has 1 nitrogen and oxygen atoms in total. The van der Waals surface area contributed by atoms with E-state index < -0.39 is 11.7 Å². The van der Waals surface area contributed by atoms with Gasteiger partial charge in [-0.3, -0.25) is 4.79 Å². The number of halogens is 4. The van der Waals surface area contributed by atoms with Crippen LogP contribution in [0.3, 0.4) is 0 Å². The predicted octanol–water partition coefficient (Wildman–Crippen LogP) is 9.38. The highest BCUT2D eigenvalue weighted by atomic mass is 19.4. The van der Waals surface area contributed by atoms with Crippen LogP contribution in [0.2, 0.25) is 0 Å². The molecule has 0 spiro atoms. The summed E-state index contributed by atoms with van der Waals surface area (Å²) < 4.78 is 52.0. The van der Waals surface area contributed by atoms with Crippen molar-refractivity contribution in [3.05, 3.63) is 99.4 Å². The summed E-state index contributed by atoms with van der Waals surface area (Å²) in [4.78, 5) is 11.0. The van der Waals surface area contributed by atoms with E-state index >= 15 is 0 Å². The first-order valence-electron chi connectivity index (χ1n) is 12.3. The van der Waals surface area contributed by atoms with Gasteiger partial charge in [0.25, 0.3) is 0 Å². The molecule has 0 amide bonds. The molecule has 0 saturated carbocycles. The lowest BCUT2D eigenvalue weighted by Crippen LogP contribution is -2.06. The highest BCUT2D eigenvalue weighted by Gasteiger charge is 2.31. The number of ketones is 1. The molecule has 198 valence electrons. The van der Waals surface area contributed by atoms with Crippen LogP contribution in [-0.4, -0.2) is 5.78 Å². The fourth-order valence-corrected chi connectivity index (χ4v) is 4.09. The number of carbonyl (C=O) groups excluding carboxylic acids is 1. The normalized spacial score (nSPS) is 13.6. The van der Waals surface area contributed by atoms with Gasteiger partial charge in [0, 0.05) is 6.42 Å². The van der Waals surface area contributed by atoms with E-state index in [1.807, 2.05) is 52.0 Å². The molecule has 1 aliphatic carbocycles. The average Bonchev–Trinajstić information content (AvgIpc) is 3.33. The molecule has 0 saturated heterocycles. The maximum absolute atomic E-state index is 13.0. The Bertz CT molecular complexity index is 1180. The number of allylic oxidation sites excluding steroid dienone is 6. The van der Waals surface area contributed by atoms with Crippen LogP contribution in [0.5, 0.6) is 0 Å². The minimum Gasteiger partial charge on any atom is -0.300 e. The smallest absolute Gasteiger partial charge is 0.300 e. The van der Waals surface area contributed by atoms with E-state index in [0.717, 1.165) is 65.2 Å². The van der Waals surface area contributed by atoms with Gasteiger partial charge in [0.05, 0.1) is 5.56 Å². The van der Waals surface area contributed by atoms with Crippen molar-refractivity contribution in [1.29, 1.82) is 0 Å². The summed E-state index contributed by atoms with van der Waals surface area (Å²) in [6.07, 6.45) is 13.0. The van der Waals surface area contributed by atoms with Gasteiger partial charge >= 0.3 is 6.18 Å². The van der Waals surface area contributed by atoms with Gasteiger partial charge in [-0.25, -0.2) is 4.39 Å². The van der Waals surface area contributed by atoms with Crippen molar-refractivity contribution in [2.45, 2.75) is 72.9 Å². The number of Topliss-reactive ketones (excluding diaryl/α,β-unsaturated/α-hetero) is 1. The molecule has 0 bridgehead atoms. The van der Waals surface area contributed by atoms with Crippen molar-refractivity contribution in [2.75, 3.05) is 0 Å². The summed E-state index contributed by atoms with van der Waals surface area (Å²) in [5.41, 5.74) is 5.91. The maximum Gasteiger partial charge on any atom is 0.416 e. The van der Waals surface area contributed by atoms with Gasteiger partial charge in [0.1, 0.15) is 11.6 Å². The third-order valence-electron chi connectivity index (χ3n) is 6.06. The second-order valence-corrected chi connectivity index (χ2v) is 8.97. The molecule has 0 unspecified atom stereocenters. The molecule has 3 rings (SSSR count). The van der Waals surface area contributed by atoms with Gasteiger partial charge < -0.3 is 0 Å². The third kappa shape index (κ3) is 9.88. The van der Waals surface area contributed by atoms with Gasteiger partial charge in [-0.2, -0.15) is 13.2 Å². The molecule has 0 aromatic heterocycles. The molecule has 0 atom stereocenters. The number of hydrogen-bond donors (Lipinski definition) is 0. The summed E-state index contributed by atoms with van der Waals surface area (Å²) in [5, 5.41) is 0. The molecule has 2 aromatic carbocycles. The van der Waals surface area contributed by atoms with Crippen molar-refractivity contribution in [2.24, 2.45) is 0 Å². The number of terminal acetylenes is 1. The molecule has 1 aliphatic rings. The number of hydrogen-bond acceptors (Lipinski definition) is 1. The van der Waals surface area contributed by atoms with E-state index in [4.69, 9.17) is 0 Å². The number of aryl methyl sites for hydroxylation is 3. The van der Waals surface area contributed by atoms with Gasteiger partial charge in [-0.1, -0.05) is 43.4 Å². The lowest BCUT2D eigenvalue weighted by atomic mass is 9.93. The van der Waals surface area contributed by atoms with E-state index in [1.165, 1.54) is 13.0 Å². The molecular formula is C32H36F4O. The summed E-state index contributed by atoms with van der Waals surface area (Å²) in [6, 6.07) is 9.30. The number of benzene rings is 2. The van der Waals surface area contributed by atoms with Crippen LogP contribution in [0.4, 0.5) is 17.6 Å². The van der Waals surface area contributed by atoms with Crippen molar-refractivity contribution < 1.29 is 22.4 Å². The van der Waals surface area contributed by atoms with Crippen LogP contribution < -0.4 is 0 Å². The van der Waals surface area contributed by atoms with Crippen LogP contribution in [0, 0.1) is 32.5 Å². The molecule has 0 heterocycles. The first kappa shape index (κ1) is 31.6. The van der Waals surface area contributed by atoms with E-state index in [-0.39, 0.29) is 11.6 Å². The molecule has 5 heteroatoms. The summed E-state index contributed by atoms with van der Waals surface area (Å²) >= 11 is 0. The van der Waals surface area contributed by atoms with Gasteiger partial charge in [-0.15, -0.1) is 12.8 Å². The highest BCUT2D eigenvalue weighted by Crippen LogP contribution is 2.40. The quantitative estimate of drug-likeness (QED) is 0.214. The number of carbonyl (C=O) groups is 1. The number of alkyl halides is 3. The molecule has 37 heavy (non-hydrogen) atoms. The zero-order chi connectivity index (χ0) is 28.2. The Morgan fingerprint density at radius 1 is 1.03 bits per heavy atom. The second kappa shape index (κ2) is 15.0. The van der Waals surface area contributed by atoms with Crippen molar-refractivity contribution >= 4 is 11.4 Å². The fourth-order valence-electron chi connectivity index (χ4n) is 4.09. The zero-order valence-electron chi connectivity index (χ0n) is 22.3. The Morgan fingerprint density at radius 2 is 1.70 bits per heavy atom. The number of rotatable bonds is 6. The van der Waals surface area contributed by atoms with Crippen LogP contribution in [0.25, 0.3) is 5.57 Å². The van der Waals surface area contributed by atoms with Crippen LogP contribution in [0.15, 0.2) is 65.8 Å². The first-order chi connectivity index (χ1) is 17.4. The van der Waals surface area contributed by atoms with Crippen LogP contribution in [-0.2, 0) is 17.4 Å². The summed E-state index contributed by atoms with van der Waals surface area (Å²) in [5.74, 6) is 0.0187. The second-order valence-electron chi connectivity index (χ2n) is 8.97. The van der Waals surface area contributed by atoms with E-state index in [9.17, 15) is 22.4 Å². The Balaban J connectivity index is 0.000000475. The summed E-state index contributed by atoms with van der Waals surface area (Å²) in [7, 11) is 0. The monoisotopic (exact) mass is 512 g/mol. The lowest BCUT2D eigenvalue weighted by Gasteiger charge is -2.14. The largest absolute Gasteiger partial charge is 0.416 e. The minimum atomic E-state index is -4.33. The fraction of sp³-hybridized carbons (Fsp3) is 0.344. The summed E-state index contributed by atoms with van der Waals surface area (Å²) in [6.45, 7) is 9.21. The third-order valence-corrected chi connectivity index (χ3v) is 6.06. The van der Waals surface area contributed by atoms with E-state index in [2.05, 4.69) is 12.8 Å². The Labute approximate surface area is 219 Å². The first-order valence-corrected chi connectivity index (χ1v) is 12.3. The van der Waals surface area contributed by atoms with E-state index in [1.54, 1.807) is 18.2 Å². The molecule has 0 N–H and O–H groups in total. The Kier molecular flexibility index (Phi) is 12.8. The van der Waals surface area contributed by atoms with Crippen LogP contribution >= 0.6 is 0 Å². The minimum absolute atomic E-state index is 0.0810. The van der Waals surface area contributed by atoms with Crippen molar-refractivity contribution in [3.8, 4) is 12.8 Å². The van der Waals surface area contributed by atoms with E-state index in [0.29, 0.717) is 12.0 Å². The predicted molar refractivity (Wildman–Crippen MR) is 146 cm³/mol. The van der Waals surface area contributed by atoms with Crippen molar-refractivity contribution in [1.82, 2.24) is 0 Å². The molecule has 0 radical (unpaired) electrons. The SMILES string of the molecule is C#C.CC(=O)C/C=C\C=C(/C)C1=C(c2cc(C(F)(F)F)ccc2C)CCC1.CCc1ccc(C)cc1F. The highest BCUT2D eigenvalue weighted by molar-refractivity contribution is 5.77. The van der Waals surface area contributed by atoms with Gasteiger partial charge in [-0.05, 0) is 111 Å². The molecular weight excluding hydrogens is 476 g/mol. The standard InChI is InChI=1S/C21H23F3O.C9H11F.C2H2/c1-14(7-4-5-8-16(3)25)18-9-6-10-19(18)20-13-17(21(22,23)24)12-11-15(20)2;1-3-8-5-4-7(2)6-9(8)10;1-2/h4-5,7,11-13H,6,8-10H2,1-3H3;4-6H,3H2,1-2H3;1-2H/b5-4-,14-7+;;. The molecule has 0 aliphatic heterocycles. The lowest BCUT2D eigenvalue weighted by molar-refractivity contribution is -0.137. The molecule has 2 aromatic rings. The van der Waals surface area contributed by atoms with Gasteiger partial charge in [0.2, 0.25) is 0 Å².